The number of hydrogen-bond acceptors (Lipinski definition) is 2. The summed E-state index contributed by atoms with van der Waals surface area (Å²) in [4.78, 5) is 22.3. The molecule has 0 bridgehead atoms. The number of allylic oxidation sites excluding steroid dienone is 2. The molecule has 22 heavy (non-hydrogen) atoms. The van der Waals surface area contributed by atoms with Crippen LogP contribution in [0.2, 0.25) is 0 Å². The number of ketones is 1. The number of carbonyl (C=O) groups excluding carboxylic acids is 2. The molecule has 0 aliphatic rings. The summed E-state index contributed by atoms with van der Waals surface area (Å²) in [5, 5.41) is 2.85. The summed E-state index contributed by atoms with van der Waals surface area (Å²) in [5.41, 5.74) is 1.11. The van der Waals surface area contributed by atoms with Gasteiger partial charge in [-0.1, -0.05) is 61.4 Å². The number of Topliss-reactive ketones (excluding diaryl/α,β-unsaturated/α-hetero) is 1. The molecule has 0 aromatic heterocycles. The van der Waals surface area contributed by atoms with Gasteiger partial charge in [0.1, 0.15) is 5.78 Å². The largest absolute Gasteiger partial charge is 0.353 e. The lowest BCUT2D eigenvalue weighted by atomic mass is 10.1. The SMILES string of the molecule is CC(=O)CCCCCCNC(=O)/C=C/C=C/c1ccccc1. The number of hydrogen-bond donors (Lipinski definition) is 1. The second kappa shape index (κ2) is 11.5. The summed E-state index contributed by atoms with van der Waals surface area (Å²) in [6.45, 7) is 2.31. The molecule has 118 valence electrons. The van der Waals surface area contributed by atoms with E-state index in [1.165, 1.54) is 6.08 Å². The topological polar surface area (TPSA) is 46.2 Å². The fourth-order valence-electron chi connectivity index (χ4n) is 2.00. The van der Waals surface area contributed by atoms with Crippen molar-refractivity contribution in [3.05, 3.63) is 54.1 Å². The third-order valence-electron chi connectivity index (χ3n) is 3.20. The Hall–Kier alpha value is -2.16. The zero-order valence-corrected chi connectivity index (χ0v) is 13.3. The van der Waals surface area contributed by atoms with E-state index in [1.54, 1.807) is 13.0 Å². The molecular formula is C19H25NO2. The highest BCUT2D eigenvalue weighted by atomic mass is 16.1. The Labute approximate surface area is 133 Å². The average Bonchev–Trinajstić information content (AvgIpc) is 2.51. The Morgan fingerprint density at radius 1 is 1.00 bits per heavy atom. The third kappa shape index (κ3) is 9.70. The molecule has 0 fully saturated rings. The van der Waals surface area contributed by atoms with Crippen LogP contribution in [0.5, 0.6) is 0 Å². The van der Waals surface area contributed by atoms with Crippen LogP contribution >= 0.6 is 0 Å². The van der Waals surface area contributed by atoms with Crippen molar-refractivity contribution in [3.63, 3.8) is 0 Å². The van der Waals surface area contributed by atoms with Crippen LogP contribution in [-0.4, -0.2) is 18.2 Å². The van der Waals surface area contributed by atoms with E-state index in [4.69, 9.17) is 0 Å². The monoisotopic (exact) mass is 299 g/mol. The van der Waals surface area contributed by atoms with Gasteiger partial charge in [0.15, 0.2) is 0 Å². The van der Waals surface area contributed by atoms with E-state index in [2.05, 4.69) is 5.32 Å². The summed E-state index contributed by atoms with van der Waals surface area (Å²) >= 11 is 0. The van der Waals surface area contributed by atoms with Crippen LogP contribution in [0, 0.1) is 0 Å². The zero-order chi connectivity index (χ0) is 16.0. The number of nitrogens with one attached hydrogen (secondary N) is 1. The van der Waals surface area contributed by atoms with Gasteiger partial charge >= 0.3 is 0 Å². The van der Waals surface area contributed by atoms with E-state index in [9.17, 15) is 9.59 Å². The molecule has 0 saturated carbocycles. The van der Waals surface area contributed by atoms with Gasteiger partial charge in [-0.05, 0) is 25.3 Å². The van der Waals surface area contributed by atoms with Gasteiger partial charge in [0.25, 0.3) is 0 Å². The quantitative estimate of drug-likeness (QED) is 0.404. The van der Waals surface area contributed by atoms with Gasteiger partial charge in [-0.25, -0.2) is 0 Å². The van der Waals surface area contributed by atoms with Crippen molar-refractivity contribution in [2.75, 3.05) is 6.54 Å². The van der Waals surface area contributed by atoms with Gasteiger partial charge in [-0.2, -0.15) is 0 Å². The number of amides is 1. The minimum Gasteiger partial charge on any atom is -0.353 e. The van der Waals surface area contributed by atoms with E-state index in [1.807, 2.05) is 42.5 Å². The predicted molar refractivity (Wildman–Crippen MR) is 91.4 cm³/mol. The average molecular weight is 299 g/mol. The molecule has 0 radical (unpaired) electrons. The molecule has 1 aromatic rings. The number of benzene rings is 1. The standard InChI is InChI=1S/C19H25NO2/c1-17(21)11-5-2-3-10-16-20-19(22)15-9-8-14-18-12-6-4-7-13-18/h4,6-9,12-15H,2-3,5,10-11,16H2,1H3,(H,20,22)/b14-8+,15-9+. The molecule has 0 saturated heterocycles. The first-order chi connectivity index (χ1) is 10.7. The van der Waals surface area contributed by atoms with Crippen LogP contribution in [0.15, 0.2) is 48.6 Å². The van der Waals surface area contributed by atoms with E-state index >= 15 is 0 Å². The highest BCUT2D eigenvalue weighted by molar-refractivity contribution is 5.87. The van der Waals surface area contributed by atoms with Crippen LogP contribution in [0.4, 0.5) is 0 Å². The fourth-order valence-corrected chi connectivity index (χ4v) is 2.00. The van der Waals surface area contributed by atoms with Crippen molar-refractivity contribution in [2.45, 2.75) is 39.0 Å². The molecule has 1 rings (SSSR count). The molecule has 0 atom stereocenters. The fraction of sp³-hybridized carbons (Fsp3) is 0.368. The smallest absolute Gasteiger partial charge is 0.243 e. The Kier molecular flexibility index (Phi) is 9.35. The van der Waals surface area contributed by atoms with Crippen molar-refractivity contribution in [2.24, 2.45) is 0 Å². The maximum Gasteiger partial charge on any atom is 0.243 e. The summed E-state index contributed by atoms with van der Waals surface area (Å²) in [6.07, 6.45) is 11.8. The highest BCUT2D eigenvalue weighted by Gasteiger charge is 1.96. The Bertz CT molecular complexity index is 503. The zero-order valence-electron chi connectivity index (χ0n) is 13.3. The van der Waals surface area contributed by atoms with Gasteiger partial charge in [-0.3, -0.25) is 4.79 Å². The number of carbonyl (C=O) groups is 2. The van der Waals surface area contributed by atoms with Crippen LogP contribution in [-0.2, 0) is 9.59 Å². The second-order valence-corrected chi connectivity index (χ2v) is 5.29. The van der Waals surface area contributed by atoms with Crippen molar-refractivity contribution < 1.29 is 9.59 Å². The van der Waals surface area contributed by atoms with Crippen LogP contribution in [0.1, 0.15) is 44.6 Å². The molecule has 1 N–H and O–H groups in total. The van der Waals surface area contributed by atoms with E-state index in [0.717, 1.165) is 31.2 Å². The first-order valence-corrected chi connectivity index (χ1v) is 7.85. The van der Waals surface area contributed by atoms with Gasteiger partial charge < -0.3 is 10.1 Å². The molecule has 1 aromatic carbocycles. The van der Waals surface area contributed by atoms with Crippen LogP contribution in [0.3, 0.4) is 0 Å². The van der Waals surface area contributed by atoms with Crippen LogP contribution in [0.25, 0.3) is 6.08 Å². The minimum absolute atomic E-state index is 0.0681. The third-order valence-corrected chi connectivity index (χ3v) is 3.20. The normalized spacial score (nSPS) is 11.1. The Morgan fingerprint density at radius 2 is 1.73 bits per heavy atom. The van der Waals surface area contributed by atoms with Crippen molar-refractivity contribution in [1.29, 1.82) is 0 Å². The van der Waals surface area contributed by atoms with E-state index in [-0.39, 0.29) is 11.7 Å². The lowest BCUT2D eigenvalue weighted by Gasteiger charge is -2.01. The lowest BCUT2D eigenvalue weighted by Crippen LogP contribution is -2.21. The maximum absolute atomic E-state index is 11.6. The summed E-state index contributed by atoms with van der Waals surface area (Å²) in [6, 6.07) is 9.95. The molecule has 1 amide bonds. The summed E-state index contributed by atoms with van der Waals surface area (Å²) in [5.74, 6) is 0.184. The predicted octanol–water partition coefficient (Wildman–Crippen LogP) is 3.91. The maximum atomic E-state index is 11.6. The van der Waals surface area contributed by atoms with Gasteiger partial charge in [0, 0.05) is 19.0 Å². The lowest BCUT2D eigenvalue weighted by molar-refractivity contribution is -0.117. The Morgan fingerprint density at radius 3 is 2.45 bits per heavy atom. The first-order valence-electron chi connectivity index (χ1n) is 7.85. The van der Waals surface area contributed by atoms with Crippen molar-refractivity contribution in [1.82, 2.24) is 5.32 Å². The summed E-state index contributed by atoms with van der Waals surface area (Å²) in [7, 11) is 0. The first kappa shape index (κ1) is 17.9. The van der Waals surface area contributed by atoms with Gasteiger partial charge in [0.05, 0.1) is 0 Å². The van der Waals surface area contributed by atoms with E-state index in [0.29, 0.717) is 13.0 Å². The highest BCUT2D eigenvalue weighted by Crippen LogP contribution is 2.03. The molecule has 0 aliphatic carbocycles. The van der Waals surface area contributed by atoms with Gasteiger partial charge in [-0.15, -0.1) is 0 Å². The molecule has 0 spiro atoms. The minimum atomic E-state index is -0.0681. The summed E-state index contributed by atoms with van der Waals surface area (Å²) < 4.78 is 0. The molecule has 0 heterocycles. The molecule has 0 unspecified atom stereocenters. The molecule has 3 nitrogen and oxygen atoms in total. The Balaban J connectivity index is 2.07. The van der Waals surface area contributed by atoms with Crippen LogP contribution < -0.4 is 5.32 Å². The molecular weight excluding hydrogens is 274 g/mol. The number of rotatable bonds is 10. The van der Waals surface area contributed by atoms with Gasteiger partial charge in [0.2, 0.25) is 5.91 Å². The molecule has 0 aliphatic heterocycles. The van der Waals surface area contributed by atoms with Crippen molar-refractivity contribution >= 4 is 17.8 Å². The second-order valence-electron chi connectivity index (χ2n) is 5.29. The van der Waals surface area contributed by atoms with Crippen molar-refractivity contribution in [3.8, 4) is 0 Å². The van der Waals surface area contributed by atoms with E-state index < -0.39 is 0 Å². The molecule has 3 heteroatoms. The number of unbranched alkanes of at least 4 members (excludes halogenated alkanes) is 3.